The van der Waals surface area contributed by atoms with Gasteiger partial charge in [-0.1, -0.05) is 179 Å². The van der Waals surface area contributed by atoms with Crippen molar-refractivity contribution in [3.8, 4) is 0 Å². The fourth-order valence-electron chi connectivity index (χ4n) is 7.24. The lowest BCUT2D eigenvalue weighted by Crippen LogP contribution is -2.64. The molecule has 9 atom stereocenters. The molecule has 0 heterocycles. The number of aliphatic hydroxyl groups excluding tert-OH is 6. The topological polar surface area (TPSA) is 230 Å². The number of aliphatic hydroxyl groups is 6. The van der Waals surface area contributed by atoms with Gasteiger partial charge in [-0.3, -0.25) is 18.6 Å². The van der Waals surface area contributed by atoms with Gasteiger partial charge in [0, 0.05) is 12.8 Å². The fraction of sp³-hybridized carbons (Fsp3) is 0.830. The molecule has 0 radical (unpaired) electrons. The molecule has 0 aliphatic heterocycles. The van der Waals surface area contributed by atoms with Crippen LogP contribution in [-0.4, -0.2) is 110 Å². The molecule has 1 aliphatic carbocycles. The van der Waals surface area contributed by atoms with E-state index < -0.39 is 81.8 Å². The molecule has 1 aliphatic rings. The molecule has 0 bridgehead atoms. The maximum Gasteiger partial charge on any atom is 0.472 e. The SMILES string of the molecule is CC/C=C/C/C=C/C=C/C(O)CCCCCCCC(=O)OC[C@H](COP(=O)(O)OC1[C@H](O)[C@H](O)C(O)[C@H](O)[C@H]1O)OC(=O)CCCCCCCCCCCCCCCCCCC. The lowest BCUT2D eigenvalue weighted by Gasteiger charge is -2.41. The van der Waals surface area contributed by atoms with Gasteiger partial charge in [0.2, 0.25) is 0 Å². The van der Waals surface area contributed by atoms with Gasteiger partial charge in [0.25, 0.3) is 0 Å². The van der Waals surface area contributed by atoms with Crippen molar-refractivity contribution >= 4 is 19.8 Å². The van der Waals surface area contributed by atoms with Crippen LogP contribution in [0.4, 0.5) is 0 Å². The van der Waals surface area contributed by atoms with Gasteiger partial charge < -0.3 is 45.0 Å². The third-order valence-corrected chi connectivity index (χ3v) is 12.1. The number of phosphoric ester groups is 1. The van der Waals surface area contributed by atoms with Crippen molar-refractivity contribution in [1.82, 2.24) is 0 Å². The van der Waals surface area contributed by atoms with Crippen molar-refractivity contribution in [3.05, 3.63) is 36.5 Å². The first kappa shape index (κ1) is 58.0. The van der Waals surface area contributed by atoms with Gasteiger partial charge in [-0.05, 0) is 32.1 Å². The summed E-state index contributed by atoms with van der Waals surface area (Å²) in [5, 5.41) is 60.3. The minimum Gasteiger partial charge on any atom is -0.462 e. The summed E-state index contributed by atoms with van der Waals surface area (Å²) in [5.41, 5.74) is 0. The smallest absolute Gasteiger partial charge is 0.462 e. The van der Waals surface area contributed by atoms with Crippen LogP contribution in [0, 0.1) is 0 Å². The van der Waals surface area contributed by atoms with Gasteiger partial charge in [-0.2, -0.15) is 0 Å². The average Bonchev–Trinajstić information content (AvgIpc) is 3.25. The van der Waals surface area contributed by atoms with Crippen LogP contribution in [0.25, 0.3) is 0 Å². The summed E-state index contributed by atoms with van der Waals surface area (Å²) >= 11 is 0. The predicted molar refractivity (Wildman–Crippen MR) is 241 cm³/mol. The summed E-state index contributed by atoms with van der Waals surface area (Å²) in [6.07, 6.45) is 25.0. The molecular formula is C47H85O14P. The molecule has 0 aromatic rings. The summed E-state index contributed by atoms with van der Waals surface area (Å²) in [5.74, 6) is -1.17. The summed E-state index contributed by atoms with van der Waals surface area (Å²) in [6, 6.07) is 0. The summed E-state index contributed by atoms with van der Waals surface area (Å²) in [7, 11) is -5.14. The third-order valence-electron chi connectivity index (χ3n) is 11.1. The van der Waals surface area contributed by atoms with E-state index in [2.05, 4.69) is 26.0 Å². The first-order valence-corrected chi connectivity index (χ1v) is 25.4. The van der Waals surface area contributed by atoms with E-state index in [0.29, 0.717) is 19.3 Å². The van der Waals surface area contributed by atoms with Crippen molar-refractivity contribution in [3.63, 3.8) is 0 Å². The molecule has 1 fully saturated rings. The zero-order valence-corrected chi connectivity index (χ0v) is 38.9. The van der Waals surface area contributed by atoms with Crippen LogP contribution >= 0.6 is 7.82 Å². The fourth-order valence-corrected chi connectivity index (χ4v) is 8.21. The molecule has 0 aromatic heterocycles. The van der Waals surface area contributed by atoms with Crippen LogP contribution in [-0.2, 0) is 32.7 Å². The molecule has 4 unspecified atom stereocenters. The maximum atomic E-state index is 12.8. The third kappa shape index (κ3) is 29.5. The zero-order chi connectivity index (χ0) is 45.9. The number of phosphoric acid groups is 1. The molecule has 0 amide bonds. The highest BCUT2D eigenvalue weighted by Crippen LogP contribution is 2.47. The van der Waals surface area contributed by atoms with Gasteiger partial charge in [0.1, 0.15) is 43.2 Å². The number of rotatable bonds is 39. The van der Waals surface area contributed by atoms with Crippen LogP contribution < -0.4 is 0 Å². The molecule has 1 rings (SSSR count). The Hall–Kier alpha value is -1.97. The first-order chi connectivity index (χ1) is 29.8. The van der Waals surface area contributed by atoms with Gasteiger partial charge in [-0.25, -0.2) is 4.57 Å². The largest absolute Gasteiger partial charge is 0.472 e. The Balaban J connectivity index is 2.47. The Morgan fingerprint density at radius 3 is 1.56 bits per heavy atom. The van der Waals surface area contributed by atoms with E-state index in [9.17, 15) is 49.7 Å². The molecule has 15 heteroatoms. The van der Waals surface area contributed by atoms with Crippen molar-refractivity contribution in [2.75, 3.05) is 13.2 Å². The van der Waals surface area contributed by atoms with Crippen molar-refractivity contribution in [2.24, 2.45) is 0 Å². The highest BCUT2D eigenvalue weighted by atomic mass is 31.2. The second kappa shape index (κ2) is 37.3. The highest BCUT2D eigenvalue weighted by Gasteiger charge is 2.51. The quantitative estimate of drug-likeness (QED) is 0.0101. The second-order valence-electron chi connectivity index (χ2n) is 16.8. The van der Waals surface area contributed by atoms with E-state index >= 15 is 0 Å². The minimum atomic E-state index is -5.14. The Morgan fingerprint density at radius 1 is 0.581 bits per heavy atom. The van der Waals surface area contributed by atoms with Gasteiger partial charge >= 0.3 is 19.8 Å². The van der Waals surface area contributed by atoms with Crippen molar-refractivity contribution < 1.29 is 68.2 Å². The monoisotopic (exact) mass is 905 g/mol. The van der Waals surface area contributed by atoms with E-state index in [0.717, 1.165) is 64.2 Å². The number of esters is 2. The van der Waals surface area contributed by atoms with Gasteiger partial charge in [0.15, 0.2) is 6.10 Å². The number of allylic oxidation sites excluding steroid dienone is 5. The van der Waals surface area contributed by atoms with Crippen molar-refractivity contribution in [1.29, 1.82) is 0 Å². The standard InChI is InChI=1S/C47H85O14P/c1-3-5-7-9-11-12-13-14-15-16-17-18-19-20-22-26-31-35-41(50)60-39(37-59-62(56,57)61-47-45(54)43(52)42(51)44(53)46(47)55)36-58-40(49)34-30-27-23-25-29-33-38(48)32-28-24-21-10-8-6-4-2/h6,8,21,24,28,32,38-39,42-48,51-55H,3-5,7,9-20,22-23,25-27,29-31,33-37H2,1-2H3,(H,56,57)/b8-6+,24-21+,32-28+/t38?,39-,42?,43-,44+,45-,46-,47?/m1/s1. The molecular weight excluding hydrogens is 819 g/mol. The maximum absolute atomic E-state index is 12.8. The number of ether oxygens (including phenoxy) is 2. The van der Waals surface area contributed by atoms with E-state index in [4.69, 9.17) is 18.5 Å². The van der Waals surface area contributed by atoms with Crippen LogP contribution in [0.5, 0.6) is 0 Å². The molecule has 0 spiro atoms. The average molecular weight is 905 g/mol. The normalized spacial score (nSPS) is 22.7. The molecule has 362 valence electrons. The molecule has 0 aromatic carbocycles. The first-order valence-electron chi connectivity index (χ1n) is 23.9. The number of carbonyl (C=O) groups is 2. The summed E-state index contributed by atoms with van der Waals surface area (Å²) in [4.78, 5) is 35.7. The number of carbonyl (C=O) groups excluding carboxylic acids is 2. The van der Waals surface area contributed by atoms with Crippen LogP contribution in [0.15, 0.2) is 36.5 Å². The zero-order valence-electron chi connectivity index (χ0n) is 38.0. The predicted octanol–water partition coefficient (Wildman–Crippen LogP) is 8.36. The number of hydrogen-bond acceptors (Lipinski definition) is 13. The number of unbranched alkanes of at least 4 members (excludes halogenated alkanes) is 20. The Labute approximate surface area is 372 Å². The lowest BCUT2D eigenvalue weighted by molar-refractivity contribution is -0.220. The molecule has 62 heavy (non-hydrogen) atoms. The Morgan fingerprint density at radius 2 is 1.05 bits per heavy atom. The second-order valence-corrected chi connectivity index (χ2v) is 18.2. The van der Waals surface area contributed by atoms with Gasteiger partial charge in [0.05, 0.1) is 12.7 Å². The van der Waals surface area contributed by atoms with E-state index in [1.54, 1.807) is 6.08 Å². The molecule has 14 nitrogen and oxygen atoms in total. The molecule has 7 N–H and O–H groups in total. The highest BCUT2D eigenvalue weighted by molar-refractivity contribution is 7.47. The van der Waals surface area contributed by atoms with E-state index in [1.807, 2.05) is 18.2 Å². The molecule has 0 saturated heterocycles. The number of hydrogen-bond donors (Lipinski definition) is 7. The minimum absolute atomic E-state index is 0.0796. The molecule has 1 saturated carbocycles. The van der Waals surface area contributed by atoms with E-state index in [-0.39, 0.29) is 12.8 Å². The Bertz CT molecular complexity index is 1250. The van der Waals surface area contributed by atoms with Crippen LogP contribution in [0.2, 0.25) is 0 Å². The lowest BCUT2D eigenvalue weighted by atomic mass is 9.85. The van der Waals surface area contributed by atoms with Gasteiger partial charge in [-0.15, -0.1) is 0 Å². The Kier molecular flexibility index (Phi) is 34.9. The van der Waals surface area contributed by atoms with Crippen LogP contribution in [0.3, 0.4) is 0 Å². The summed E-state index contributed by atoms with van der Waals surface area (Å²) in [6.45, 7) is 3.10. The van der Waals surface area contributed by atoms with Crippen LogP contribution in [0.1, 0.15) is 187 Å². The summed E-state index contributed by atoms with van der Waals surface area (Å²) < 4.78 is 33.5. The van der Waals surface area contributed by atoms with Crippen molar-refractivity contribution in [2.45, 2.75) is 236 Å². The van der Waals surface area contributed by atoms with E-state index in [1.165, 1.54) is 77.0 Å².